The highest BCUT2D eigenvalue weighted by Crippen LogP contribution is 2.17. The fourth-order valence-corrected chi connectivity index (χ4v) is 9.80. The number of aliphatic hydroxyl groups is 2. The second-order valence-corrected chi connectivity index (χ2v) is 21.8. The molecule has 0 aromatic carbocycles. The SMILES string of the molecule is CCCCCCCCCCCCCCCCCCCCCC/C=C/C(O)C(CO)NC(=O)CCCCCCCCCCCC/C=C\C=C/CCCCCOC(=O)CCCCCCCCCCCCCCC. The molecule has 0 heterocycles. The van der Waals surface area contributed by atoms with E-state index in [1.54, 1.807) is 6.08 Å². The molecular formula is C65H123NO5. The largest absolute Gasteiger partial charge is 0.466 e. The predicted octanol–water partition coefficient (Wildman–Crippen LogP) is 20.0. The predicted molar refractivity (Wildman–Crippen MR) is 310 cm³/mol. The van der Waals surface area contributed by atoms with Gasteiger partial charge in [0.25, 0.3) is 0 Å². The highest BCUT2D eigenvalue weighted by atomic mass is 16.5. The zero-order chi connectivity index (χ0) is 51.4. The molecule has 71 heavy (non-hydrogen) atoms. The van der Waals surface area contributed by atoms with Crippen LogP contribution in [0.15, 0.2) is 36.5 Å². The zero-order valence-corrected chi connectivity index (χ0v) is 47.7. The fraction of sp³-hybridized carbons (Fsp3) is 0.877. The van der Waals surface area contributed by atoms with Crippen molar-refractivity contribution < 1.29 is 24.5 Å². The smallest absolute Gasteiger partial charge is 0.305 e. The molecule has 2 unspecified atom stereocenters. The monoisotopic (exact) mass is 998 g/mol. The maximum Gasteiger partial charge on any atom is 0.305 e. The molecule has 0 aromatic rings. The molecule has 418 valence electrons. The molecule has 0 radical (unpaired) electrons. The molecule has 3 N–H and O–H groups in total. The summed E-state index contributed by atoms with van der Waals surface area (Å²) in [5.41, 5.74) is 0. The molecule has 0 aliphatic carbocycles. The maximum absolute atomic E-state index is 12.5. The van der Waals surface area contributed by atoms with Gasteiger partial charge in [0.15, 0.2) is 0 Å². The highest BCUT2D eigenvalue weighted by Gasteiger charge is 2.18. The van der Waals surface area contributed by atoms with Gasteiger partial charge in [-0.25, -0.2) is 0 Å². The molecule has 0 aromatic heterocycles. The van der Waals surface area contributed by atoms with Crippen LogP contribution in [0, 0.1) is 0 Å². The van der Waals surface area contributed by atoms with Crippen molar-refractivity contribution in [3.05, 3.63) is 36.5 Å². The Kier molecular flexibility index (Phi) is 59.0. The van der Waals surface area contributed by atoms with E-state index in [2.05, 4.69) is 43.5 Å². The number of carbonyl (C=O) groups excluding carboxylic acids is 2. The van der Waals surface area contributed by atoms with E-state index in [0.29, 0.717) is 19.4 Å². The molecule has 1 amide bonds. The minimum Gasteiger partial charge on any atom is -0.466 e. The minimum absolute atomic E-state index is 0.0123. The summed E-state index contributed by atoms with van der Waals surface area (Å²) < 4.78 is 5.45. The van der Waals surface area contributed by atoms with Crippen LogP contribution < -0.4 is 5.32 Å². The average molecular weight is 999 g/mol. The fourth-order valence-electron chi connectivity index (χ4n) is 9.80. The van der Waals surface area contributed by atoms with E-state index in [0.717, 1.165) is 77.0 Å². The zero-order valence-electron chi connectivity index (χ0n) is 47.7. The first-order chi connectivity index (χ1) is 35.0. The molecule has 0 saturated heterocycles. The molecule has 0 aliphatic rings. The molecule has 6 heteroatoms. The summed E-state index contributed by atoms with van der Waals surface area (Å²) in [6.45, 7) is 4.89. The van der Waals surface area contributed by atoms with Gasteiger partial charge in [-0.1, -0.05) is 301 Å². The number of hydrogen-bond donors (Lipinski definition) is 3. The summed E-state index contributed by atoms with van der Waals surface area (Å²) in [6, 6.07) is -0.637. The quantitative estimate of drug-likeness (QED) is 0.0244. The number of aliphatic hydroxyl groups excluding tert-OH is 2. The number of amides is 1. The molecule has 6 nitrogen and oxygen atoms in total. The number of carbonyl (C=O) groups is 2. The van der Waals surface area contributed by atoms with Crippen molar-refractivity contribution in [2.24, 2.45) is 0 Å². The third-order valence-electron chi connectivity index (χ3n) is 14.7. The molecule has 0 fully saturated rings. The normalized spacial score (nSPS) is 12.8. The van der Waals surface area contributed by atoms with Crippen LogP contribution in [0.25, 0.3) is 0 Å². The Morgan fingerprint density at radius 2 is 0.690 bits per heavy atom. The van der Waals surface area contributed by atoms with E-state index in [1.807, 2.05) is 6.08 Å². The summed E-state index contributed by atoms with van der Waals surface area (Å²) >= 11 is 0. The molecule has 0 spiro atoms. The van der Waals surface area contributed by atoms with Crippen molar-refractivity contribution in [1.29, 1.82) is 0 Å². The average Bonchev–Trinajstić information content (AvgIpc) is 3.37. The Bertz CT molecular complexity index is 1150. The van der Waals surface area contributed by atoms with Crippen LogP contribution in [0.1, 0.15) is 341 Å². The van der Waals surface area contributed by atoms with Gasteiger partial charge in [0.2, 0.25) is 5.91 Å². The summed E-state index contributed by atoms with van der Waals surface area (Å²) in [5, 5.41) is 23.2. The summed E-state index contributed by atoms with van der Waals surface area (Å²) in [4.78, 5) is 24.5. The lowest BCUT2D eigenvalue weighted by atomic mass is 10.0. The second-order valence-electron chi connectivity index (χ2n) is 21.8. The van der Waals surface area contributed by atoms with Gasteiger partial charge in [-0.05, 0) is 64.2 Å². The number of allylic oxidation sites excluding steroid dienone is 5. The summed E-state index contributed by atoms with van der Waals surface area (Å²) in [7, 11) is 0. The molecule has 0 bridgehead atoms. The van der Waals surface area contributed by atoms with Crippen LogP contribution in [0.5, 0.6) is 0 Å². The number of ether oxygens (including phenoxy) is 1. The van der Waals surface area contributed by atoms with E-state index < -0.39 is 12.1 Å². The second kappa shape index (κ2) is 60.6. The van der Waals surface area contributed by atoms with Crippen molar-refractivity contribution in [3.8, 4) is 0 Å². The maximum atomic E-state index is 12.5. The topological polar surface area (TPSA) is 95.9 Å². The molecule has 2 atom stereocenters. The molecule has 0 saturated carbocycles. The standard InChI is InChI=1S/C65H123NO5/c1-3-5-7-9-11-13-15-17-18-19-20-21-22-24-27-30-34-37-41-45-49-53-57-63(68)62(61-67)66-64(69)58-54-50-46-42-38-35-31-28-25-23-26-29-32-36-40-44-48-52-56-60-71-65(70)59-55-51-47-43-39-33-16-14-12-10-8-6-4-2/h29,32,36,40,53,57,62-63,67-68H,3-28,30-31,33-35,37-39,41-52,54-56,58-61H2,1-2H3,(H,66,69)/b32-29-,40-36-,57-53+. The van der Waals surface area contributed by atoms with Gasteiger partial charge in [0, 0.05) is 12.8 Å². The van der Waals surface area contributed by atoms with Gasteiger partial charge in [0.05, 0.1) is 25.4 Å². The first kappa shape index (κ1) is 69.1. The number of hydrogen-bond acceptors (Lipinski definition) is 5. The lowest BCUT2D eigenvalue weighted by Crippen LogP contribution is -2.45. The van der Waals surface area contributed by atoms with Crippen molar-refractivity contribution in [3.63, 3.8) is 0 Å². The van der Waals surface area contributed by atoms with Crippen LogP contribution in [-0.2, 0) is 14.3 Å². The Morgan fingerprint density at radius 3 is 1.04 bits per heavy atom. The third-order valence-corrected chi connectivity index (χ3v) is 14.7. The Balaban J connectivity index is 3.50. The Hall–Kier alpha value is -1.92. The van der Waals surface area contributed by atoms with Crippen molar-refractivity contribution >= 4 is 11.9 Å². The first-order valence-electron chi connectivity index (χ1n) is 31.8. The van der Waals surface area contributed by atoms with Crippen LogP contribution in [0.4, 0.5) is 0 Å². The summed E-state index contributed by atoms with van der Waals surface area (Å²) in [6.07, 6.45) is 76.2. The van der Waals surface area contributed by atoms with Gasteiger partial charge < -0.3 is 20.3 Å². The van der Waals surface area contributed by atoms with E-state index in [-0.39, 0.29) is 18.5 Å². The number of rotatable bonds is 59. The van der Waals surface area contributed by atoms with Crippen LogP contribution in [-0.4, -0.2) is 47.4 Å². The van der Waals surface area contributed by atoms with E-state index >= 15 is 0 Å². The van der Waals surface area contributed by atoms with Gasteiger partial charge in [-0.3, -0.25) is 9.59 Å². The molecule has 0 rings (SSSR count). The molecular weight excluding hydrogens is 875 g/mol. The van der Waals surface area contributed by atoms with E-state index in [1.165, 1.54) is 238 Å². The third kappa shape index (κ3) is 57.2. The van der Waals surface area contributed by atoms with Crippen molar-refractivity contribution in [1.82, 2.24) is 5.32 Å². The van der Waals surface area contributed by atoms with E-state index in [4.69, 9.17) is 4.74 Å². The number of unbranched alkanes of at least 4 members (excludes halogenated alkanes) is 45. The van der Waals surface area contributed by atoms with Crippen LogP contribution >= 0.6 is 0 Å². The number of esters is 1. The first-order valence-corrected chi connectivity index (χ1v) is 31.8. The minimum atomic E-state index is -0.853. The van der Waals surface area contributed by atoms with Gasteiger partial charge in [0.1, 0.15) is 0 Å². The Morgan fingerprint density at radius 1 is 0.394 bits per heavy atom. The van der Waals surface area contributed by atoms with Crippen molar-refractivity contribution in [2.45, 2.75) is 353 Å². The van der Waals surface area contributed by atoms with Gasteiger partial charge >= 0.3 is 5.97 Å². The lowest BCUT2D eigenvalue weighted by Gasteiger charge is -2.20. The number of nitrogens with one attached hydrogen (secondary N) is 1. The molecule has 0 aliphatic heterocycles. The highest BCUT2D eigenvalue weighted by molar-refractivity contribution is 5.76. The van der Waals surface area contributed by atoms with E-state index in [9.17, 15) is 19.8 Å². The van der Waals surface area contributed by atoms with Crippen LogP contribution in [0.3, 0.4) is 0 Å². The lowest BCUT2D eigenvalue weighted by molar-refractivity contribution is -0.143. The Labute approximate surface area is 443 Å². The van der Waals surface area contributed by atoms with Crippen molar-refractivity contribution in [2.75, 3.05) is 13.2 Å². The summed E-state index contributed by atoms with van der Waals surface area (Å²) in [5.74, 6) is -0.0873. The van der Waals surface area contributed by atoms with Gasteiger partial charge in [-0.15, -0.1) is 0 Å². The van der Waals surface area contributed by atoms with Gasteiger partial charge in [-0.2, -0.15) is 0 Å². The van der Waals surface area contributed by atoms with Crippen LogP contribution in [0.2, 0.25) is 0 Å².